The average Bonchev–Trinajstić information content (AvgIpc) is 2.24. The average molecular weight is 279 g/mol. The van der Waals surface area contributed by atoms with E-state index in [4.69, 9.17) is 6.11 Å². The van der Waals surface area contributed by atoms with E-state index < -0.39 is 5.97 Å². The number of hydrogen-bond acceptors (Lipinski definition) is 4. The van der Waals surface area contributed by atoms with Crippen LogP contribution in [0.25, 0.3) is 0 Å². The van der Waals surface area contributed by atoms with Crippen molar-refractivity contribution in [3.63, 3.8) is 0 Å². The first-order valence-electron chi connectivity index (χ1n) is 4.60. The number of rotatable bonds is 4. The van der Waals surface area contributed by atoms with Crippen LogP contribution in [0.4, 0.5) is 0 Å². The van der Waals surface area contributed by atoms with E-state index in [1.807, 2.05) is 24.3 Å². The van der Waals surface area contributed by atoms with Crippen molar-refractivity contribution < 1.29 is 29.5 Å². The van der Waals surface area contributed by atoms with Crippen molar-refractivity contribution in [2.45, 2.75) is 11.5 Å². The van der Waals surface area contributed by atoms with Gasteiger partial charge in [-0.05, 0) is 12.3 Å². The molecule has 15 heavy (non-hydrogen) atoms. The van der Waals surface area contributed by atoms with Crippen LogP contribution >= 0.6 is 21.6 Å². The topological polar surface area (TPSA) is 26.3 Å². The third kappa shape index (κ3) is 5.47. The molecule has 0 aliphatic heterocycles. The standard InChI is InChI=1S/C10H11O2S2.V/c1-8(11)12-7-9-5-3-4-6-10(9)14-13-2;/h3-6H,1,7H2,2H3;/q-1;/i2D;. The maximum Gasteiger partial charge on any atom is 0.164 e. The molecule has 1 rings (SSSR count). The van der Waals surface area contributed by atoms with Crippen LogP contribution in [-0.4, -0.2) is 12.2 Å². The molecule has 0 heterocycles. The Labute approximate surface area is 111 Å². The summed E-state index contributed by atoms with van der Waals surface area (Å²) >= 11 is 0. The SMILES string of the molecule is [2H]CSSc1ccccc1COC([CH2-])=O.[V]. The first-order chi connectivity index (χ1) is 7.24. The normalized spacial score (nSPS) is 10.0. The molecule has 0 bridgehead atoms. The summed E-state index contributed by atoms with van der Waals surface area (Å²) in [6, 6.07) is 7.65. The summed E-state index contributed by atoms with van der Waals surface area (Å²) in [5.41, 5.74) is 0.945. The molecule has 0 N–H and O–H groups in total. The second kappa shape index (κ2) is 8.05. The van der Waals surface area contributed by atoms with Gasteiger partial charge in [-0.1, -0.05) is 39.8 Å². The summed E-state index contributed by atoms with van der Waals surface area (Å²) in [6.07, 6.45) is 0.300. The van der Waals surface area contributed by atoms with Gasteiger partial charge >= 0.3 is 0 Å². The molecule has 0 atom stereocenters. The van der Waals surface area contributed by atoms with E-state index >= 15 is 0 Å². The van der Waals surface area contributed by atoms with E-state index in [1.54, 1.807) is 0 Å². The second-order valence-corrected chi connectivity index (χ2v) is 4.52. The number of benzene rings is 1. The van der Waals surface area contributed by atoms with Gasteiger partial charge in [0, 0.05) is 30.4 Å². The number of ether oxygens (including phenoxy) is 1. The quantitative estimate of drug-likeness (QED) is 0.481. The minimum Gasteiger partial charge on any atom is -0.484 e. The van der Waals surface area contributed by atoms with Crippen molar-refractivity contribution in [2.75, 3.05) is 6.23 Å². The number of hydrogen-bond donors (Lipinski definition) is 0. The van der Waals surface area contributed by atoms with Gasteiger partial charge in [-0.15, -0.1) is 0 Å². The molecular formula is C10H11O2S2V-. The van der Waals surface area contributed by atoms with Gasteiger partial charge in [0.1, 0.15) is 6.61 Å². The molecule has 0 unspecified atom stereocenters. The summed E-state index contributed by atoms with van der Waals surface area (Å²) in [4.78, 5) is 11.6. The zero-order valence-corrected chi connectivity index (χ0v) is 11.0. The summed E-state index contributed by atoms with van der Waals surface area (Å²) < 4.78 is 11.9. The number of carbonyl (C=O) groups excluding carboxylic acids is 1. The molecule has 1 aromatic carbocycles. The monoisotopic (exact) mass is 279 g/mol. The van der Waals surface area contributed by atoms with Gasteiger partial charge in [0.2, 0.25) is 0 Å². The predicted octanol–water partition coefficient (Wildman–Crippen LogP) is 2.93. The van der Waals surface area contributed by atoms with E-state index in [0.717, 1.165) is 10.5 Å². The van der Waals surface area contributed by atoms with Crippen LogP contribution in [-0.2, 0) is 34.7 Å². The maximum absolute atomic E-state index is 10.6. The van der Waals surface area contributed by atoms with Gasteiger partial charge in [-0.2, -0.15) is 0 Å². The molecule has 1 aromatic rings. The van der Waals surface area contributed by atoms with E-state index in [9.17, 15) is 4.79 Å². The molecule has 0 aromatic heterocycles. The Hall–Kier alpha value is -0.156. The fraction of sp³-hybridized carbons (Fsp3) is 0.200. The molecule has 0 aliphatic carbocycles. The fourth-order valence-electron chi connectivity index (χ4n) is 0.926. The Balaban J connectivity index is 0.00000225. The molecule has 0 saturated heterocycles. The first-order valence-corrected chi connectivity index (χ1v) is 6.21. The fourth-order valence-corrected chi connectivity index (χ4v) is 2.29. The molecule has 0 fully saturated rings. The van der Waals surface area contributed by atoms with Crippen LogP contribution in [0.5, 0.6) is 0 Å². The first kappa shape index (κ1) is 12.9. The van der Waals surface area contributed by atoms with Crippen LogP contribution < -0.4 is 0 Å². The van der Waals surface area contributed by atoms with Crippen LogP contribution in [0.2, 0.25) is 0 Å². The Bertz CT molecular complexity index is 336. The van der Waals surface area contributed by atoms with Gasteiger partial charge in [0.05, 0.1) is 0 Å². The largest absolute Gasteiger partial charge is 0.484 e. The van der Waals surface area contributed by atoms with Gasteiger partial charge in [0.25, 0.3) is 0 Å². The molecule has 1 radical (unpaired) electrons. The molecule has 0 saturated carbocycles. The summed E-state index contributed by atoms with van der Waals surface area (Å²) in [6.45, 7) is 3.38. The van der Waals surface area contributed by atoms with Gasteiger partial charge < -0.3 is 4.74 Å². The minimum absolute atomic E-state index is 0. The van der Waals surface area contributed by atoms with E-state index in [-0.39, 0.29) is 25.2 Å². The number of esters is 1. The maximum atomic E-state index is 10.6. The zero-order chi connectivity index (χ0) is 11.1. The molecule has 81 valence electrons. The summed E-state index contributed by atoms with van der Waals surface area (Å²) in [5, 5.41) is 0. The Morgan fingerprint density at radius 3 is 3.00 bits per heavy atom. The third-order valence-electron chi connectivity index (χ3n) is 1.51. The van der Waals surface area contributed by atoms with Crippen molar-refractivity contribution in [1.29, 1.82) is 0 Å². The van der Waals surface area contributed by atoms with Gasteiger partial charge in [-0.25, -0.2) is 0 Å². The minimum atomic E-state index is -0.525. The Morgan fingerprint density at radius 1 is 1.60 bits per heavy atom. The molecule has 0 aliphatic rings. The van der Waals surface area contributed by atoms with Crippen molar-refractivity contribution >= 4 is 27.6 Å². The molecular weight excluding hydrogens is 267 g/mol. The van der Waals surface area contributed by atoms with E-state index in [0.29, 0.717) is 6.23 Å². The van der Waals surface area contributed by atoms with Gasteiger partial charge in [-0.3, -0.25) is 11.7 Å². The smallest absolute Gasteiger partial charge is 0.164 e. The molecule has 5 heteroatoms. The van der Waals surface area contributed by atoms with Crippen LogP contribution in [0.1, 0.15) is 6.93 Å². The molecule has 0 amide bonds. The Morgan fingerprint density at radius 2 is 2.33 bits per heavy atom. The van der Waals surface area contributed by atoms with Crippen LogP contribution in [0.3, 0.4) is 0 Å². The van der Waals surface area contributed by atoms with Crippen LogP contribution in [0.15, 0.2) is 29.2 Å². The number of carbonyl (C=O) groups is 1. The van der Waals surface area contributed by atoms with Crippen LogP contribution in [0, 0.1) is 6.92 Å². The van der Waals surface area contributed by atoms with Crippen molar-refractivity contribution in [3.05, 3.63) is 36.8 Å². The van der Waals surface area contributed by atoms with E-state index in [1.165, 1.54) is 21.6 Å². The second-order valence-electron chi connectivity index (χ2n) is 2.47. The Kier molecular flexibility index (Phi) is 6.93. The van der Waals surface area contributed by atoms with Crippen molar-refractivity contribution in [1.82, 2.24) is 0 Å². The summed E-state index contributed by atoms with van der Waals surface area (Å²) in [5.74, 6) is -0.525. The van der Waals surface area contributed by atoms with Gasteiger partial charge in [0.15, 0.2) is 5.97 Å². The van der Waals surface area contributed by atoms with E-state index in [2.05, 4.69) is 6.92 Å². The predicted molar refractivity (Wildman–Crippen MR) is 61.0 cm³/mol. The molecule has 2 nitrogen and oxygen atoms in total. The van der Waals surface area contributed by atoms with Crippen molar-refractivity contribution in [3.8, 4) is 0 Å². The summed E-state index contributed by atoms with van der Waals surface area (Å²) in [7, 11) is 2.95. The van der Waals surface area contributed by atoms with Crippen molar-refractivity contribution in [2.24, 2.45) is 0 Å². The zero-order valence-electron chi connectivity index (χ0n) is 9.01. The molecule has 0 spiro atoms. The third-order valence-corrected chi connectivity index (χ3v) is 3.10.